The number of nitro benzene ring substituents is 1. The van der Waals surface area contributed by atoms with Crippen LogP contribution in [-0.4, -0.2) is 20.1 Å². The molecule has 0 saturated carbocycles. The molecular formula is C15H12N4O3. The maximum atomic E-state index is 10.8. The van der Waals surface area contributed by atoms with Gasteiger partial charge in [-0.2, -0.15) is 5.10 Å². The minimum Gasteiger partial charge on any atom is -0.488 e. The van der Waals surface area contributed by atoms with Gasteiger partial charge in [0.15, 0.2) is 5.82 Å². The van der Waals surface area contributed by atoms with E-state index in [0.29, 0.717) is 11.6 Å². The lowest BCUT2D eigenvalue weighted by molar-refractivity contribution is -0.384. The van der Waals surface area contributed by atoms with E-state index in [4.69, 9.17) is 4.74 Å². The van der Waals surface area contributed by atoms with Gasteiger partial charge in [-0.05, 0) is 17.7 Å². The van der Waals surface area contributed by atoms with Gasteiger partial charge in [-0.25, -0.2) is 4.98 Å². The van der Waals surface area contributed by atoms with Gasteiger partial charge in [-0.15, -0.1) is 0 Å². The lowest BCUT2D eigenvalue weighted by Crippen LogP contribution is -1.98. The summed E-state index contributed by atoms with van der Waals surface area (Å²) >= 11 is 0. The van der Waals surface area contributed by atoms with Crippen molar-refractivity contribution in [1.29, 1.82) is 0 Å². The average molecular weight is 296 g/mol. The molecule has 0 saturated heterocycles. The first-order chi connectivity index (χ1) is 10.7. The minimum atomic E-state index is -0.425. The fourth-order valence-corrected chi connectivity index (χ4v) is 2.04. The number of hydrogen-bond donors (Lipinski definition) is 1. The van der Waals surface area contributed by atoms with Crippen molar-refractivity contribution in [2.24, 2.45) is 0 Å². The third-order valence-corrected chi connectivity index (χ3v) is 3.07. The van der Waals surface area contributed by atoms with E-state index in [1.807, 2.05) is 24.3 Å². The summed E-state index contributed by atoms with van der Waals surface area (Å²) in [6.45, 7) is 0.229. The van der Waals surface area contributed by atoms with Crippen LogP contribution in [0.25, 0.3) is 11.4 Å². The number of rotatable bonds is 5. The average Bonchev–Trinajstić information content (AvgIpc) is 3.08. The predicted molar refractivity (Wildman–Crippen MR) is 79.2 cm³/mol. The normalized spacial score (nSPS) is 10.4. The standard InChI is InChI=1S/C15H12N4O3/c20-19(21)12-5-3-4-11(8-12)9-22-14-7-2-1-6-13(14)15-16-10-17-18-15/h1-8,10H,9H2,(H,16,17,18). The Morgan fingerprint density at radius 2 is 2.05 bits per heavy atom. The number of ether oxygens (including phenoxy) is 1. The van der Waals surface area contributed by atoms with Crippen LogP contribution in [0.15, 0.2) is 54.9 Å². The van der Waals surface area contributed by atoms with Gasteiger partial charge in [-0.3, -0.25) is 15.2 Å². The SMILES string of the molecule is O=[N+]([O-])c1cccc(COc2ccccc2-c2ncn[nH]2)c1. The van der Waals surface area contributed by atoms with Gasteiger partial charge in [0.25, 0.3) is 5.69 Å². The molecule has 0 atom stereocenters. The fourth-order valence-electron chi connectivity index (χ4n) is 2.04. The highest BCUT2D eigenvalue weighted by atomic mass is 16.6. The van der Waals surface area contributed by atoms with Crippen molar-refractivity contribution in [3.63, 3.8) is 0 Å². The first-order valence-electron chi connectivity index (χ1n) is 6.55. The zero-order valence-corrected chi connectivity index (χ0v) is 11.5. The zero-order chi connectivity index (χ0) is 15.4. The molecule has 0 fully saturated rings. The van der Waals surface area contributed by atoms with Crippen molar-refractivity contribution < 1.29 is 9.66 Å². The summed E-state index contributed by atoms with van der Waals surface area (Å²) in [4.78, 5) is 14.5. The third kappa shape index (κ3) is 2.93. The summed E-state index contributed by atoms with van der Waals surface area (Å²) in [6, 6.07) is 13.8. The van der Waals surface area contributed by atoms with Crippen LogP contribution in [0.2, 0.25) is 0 Å². The summed E-state index contributed by atoms with van der Waals surface area (Å²) < 4.78 is 5.77. The van der Waals surface area contributed by atoms with E-state index in [1.54, 1.807) is 12.1 Å². The van der Waals surface area contributed by atoms with Crippen LogP contribution in [0.1, 0.15) is 5.56 Å². The minimum absolute atomic E-state index is 0.0459. The molecule has 22 heavy (non-hydrogen) atoms. The molecule has 1 aromatic heterocycles. The van der Waals surface area contributed by atoms with Gasteiger partial charge in [0.1, 0.15) is 18.7 Å². The molecular weight excluding hydrogens is 284 g/mol. The second-order valence-electron chi connectivity index (χ2n) is 4.55. The smallest absolute Gasteiger partial charge is 0.269 e. The number of aromatic nitrogens is 3. The van der Waals surface area contributed by atoms with E-state index in [0.717, 1.165) is 11.1 Å². The summed E-state index contributed by atoms with van der Waals surface area (Å²) in [7, 11) is 0. The van der Waals surface area contributed by atoms with Crippen LogP contribution in [0.5, 0.6) is 5.75 Å². The maximum absolute atomic E-state index is 10.8. The van der Waals surface area contributed by atoms with Crippen molar-refractivity contribution >= 4 is 5.69 Å². The number of non-ortho nitro benzene ring substituents is 1. The second-order valence-corrected chi connectivity index (χ2v) is 4.55. The monoisotopic (exact) mass is 296 g/mol. The Bertz CT molecular complexity index is 787. The highest BCUT2D eigenvalue weighted by Gasteiger charge is 2.10. The van der Waals surface area contributed by atoms with Crippen LogP contribution in [-0.2, 0) is 6.61 Å². The first-order valence-corrected chi connectivity index (χ1v) is 6.55. The van der Waals surface area contributed by atoms with Crippen LogP contribution >= 0.6 is 0 Å². The molecule has 1 heterocycles. The Morgan fingerprint density at radius 3 is 2.82 bits per heavy atom. The second kappa shape index (κ2) is 6.04. The highest BCUT2D eigenvalue weighted by molar-refractivity contribution is 5.63. The molecule has 0 radical (unpaired) electrons. The molecule has 1 N–H and O–H groups in total. The number of hydrogen-bond acceptors (Lipinski definition) is 5. The van der Waals surface area contributed by atoms with Crippen LogP contribution in [0, 0.1) is 10.1 Å². The Kier molecular flexibility index (Phi) is 3.78. The van der Waals surface area contributed by atoms with Crippen molar-refractivity contribution in [1.82, 2.24) is 15.2 Å². The number of benzene rings is 2. The Morgan fingerprint density at radius 1 is 1.18 bits per heavy atom. The van der Waals surface area contributed by atoms with Gasteiger partial charge in [-0.1, -0.05) is 24.3 Å². The molecule has 3 aromatic rings. The first kappa shape index (κ1) is 13.7. The summed E-state index contributed by atoms with van der Waals surface area (Å²) in [5, 5.41) is 17.4. The molecule has 0 unspecified atom stereocenters. The van der Waals surface area contributed by atoms with E-state index in [1.165, 1.54) is 18.5 Å². The van der Waals surface area contributed by atoms with Gasteiger partial charge in [0.05, 0.1) is 10.5 Å². The zero-order valence-electron chi connectivity index (χ0n) is 11.5. The van der Waals surface area contributed by atoms with E-state index in [-0.39, 0.29) is 12.3 Å². The lowest BCUT2D eigenvalue weighted by Gasteiger charge is -2.09. The quantitative estimate of drug-likeness (QED) is 0.577. The largest absolute Gasteiger partial charge is 0.488 e. The van der Waals surface area contributed by atoms with Crippen molar-refractivity contribution in [3.05, 3.63) is 70.5 Å². The Labute approximate surface area is 125 Å². The number of H-pyrrole nitrogens is 1. The molecule has 110 valence electrons. The lowest BCUT2D eigenvalue weighted by atomic mass is 10.2. The number of nitrogens with zero attached hydrogens (tertiary/aromatic N) is 3. The van der Waals surface area contributed by atoms with E-state index in [9.17, 15) is 10.1 Å². The number of nitrogens with one attached hydrogen (secondary N) is 1. The van der Waals surface area contributed by atoms with E-state index in [2.05, 4.69) is 15.2 Å². The molecule has 0 spiro atoms. The van der Waals surface area contributed by atoms with Gasteiger partial charge >= 0.3 is 0 Å². The van der Waals surface area contributed by atoms with Crippen molar-refractivity contribution in [2.45, 2.75) is 6.61 Å². The van der Waals surface area contributed by atoms with E-state index >= 15 is 0 Å². The van der Waals surface area contributed by atoms with E-state index < -0.39 is 4.92 Å². The van der Waals surface area contributed by atoms with Crippen molar-refractivity contribution in [3.8, 4) is 17.1 Å². The van der Waals surface area contributed by atoms with Gasteiger partial charge < -0.3 is 4.74 Å². The molecule has 0 aliphatic heterocycles. The van der Waals surface area contributed by atoms with Crippen LogP contribution in [0.4, 0.5) is 5.69 Å². The maximum Gasteiger partial charge on any atom is 0.269 e. The van der Waals surface area contributed by atoms with Crippen LogP contribution < -0.4 is 4.74 Å². The molecule has 0 bridgehead atoms. The highest BCUT2D eigenvalue weighted by Crippen LogP contribution is 2.27. The number of aromatic amines is 1. The fraction of sp³-hybridized carbons (Fsp3) is 0.0667. The molecule has 0 aliphatic carbocycles. The van der Waals surface area contributed by atoms with Gasteiger partial charge in [0.2, 0.25) is 0 Å². The molecule has 7 heteroatoms. The predicted octanol–water partition coefficient (Wildman–Crippen LogP) is 2.96. The summed E-state index contributed by atoms with van der Waals surface area (Å²) in [5.74, 6) is 1.24. The molecule has 3 rings (SSSR count). The Balaban J connectivity index is 1.80. The number of para-hydroxylation sites is 1. The molecule has 0 aliphatic rings. The van der Waals surface area contributed by atoms with Gasteiger partial charge in [0, 0.05) is 12.1 Å². The molecule has 7 nitrogen and oxygen atoms in total. The summed E-state index contributed by atoms with van der Waals surface area (Å²) in [6.07, 6.45) is 1.42. The van der Waals surface area contributed by atoms with Crippen molar-refractivity contribution in [2.75, 3.05) is 0 Å². The topological polar surface area (TPSA) is 93.9 Å². The molecule has 2 aromatic carbocycles. The third-order valence-electron chi connectivity index (χ3n) is 3.07. The summed E-state index contributed by atoms with van der Waals surface area (Å²) in [5.41, 5.74) is 1.55. The number of nitro groups is 1. The van der Waals surface area contributed by atoms with Crippen LogP contribution in [0.3, 0.4) is 0 Å². The molecule has 0 amide bonds. The Hall–Kier alpha value is -3.22.